The summed E-state index contributed by atoms with van der Waals surface area (Å²) in [5, 5.41) is 2.81. The molecular weight excluding hydrogens is 408 g/mol. The zero-order chi connectivity index (χ0) is 21.7. The van der Waals surface area contributed by atoms with Crippen LogP contribution in [0.4, 0.5) is 5.69 Å². The average molecular weight is 435 g/mol. The van der Waals surface area contributed by atoms with E-state index in [0.717, 1.165) is 21.9 Å². The monoisotopic (exact) mass is 434 g/mol. The molecule has 1 N–H and O–H groups in total. The lowest BCUT2D eigenvalue weighted by molar-refractivity contribution is -0.121. The predicted octanol–water partition coefficient (Wildman–Crippen LogP) is 1.98. The van der Waals surface area contributed by atoms with E-state index in [-0.39, 0.29) is 5.91 Å². The number of carbonyl (C=O) groups is 1. The van der Waals surface area contributed by atoms with E-state index in [2.05, 4.69) is 5.32 Å². The van der Waals surface area contributed by atoms with Gasteiger partial charge >= 0.3 is 0 Å². The summed E-state index contributed by atoms with van der Waals surface area (Å²) in [6, 6.07) is 11.5. The maximum Gasteiger partial charge on any atom is 0.243 e. The van der Waals surface area contributed by atoms with Crippen molar-refractivity contribution in [2.45, 2.75) is 19.4 Å². The van der Waals surface area contributed by atoms with Crippen molar-refractivity contribution >= 4 is 21.6 Å². The molecule has 9 heteroatoms. The number of nitrogens with one attached hydrogen (secondary N) is 1. The second-order valence-electron chi connectivity index (χ2n) is 6.95. The molecule has 1 atom stereocenters. The number of rotatable bonds is 8. The molecule has 2 aromatic carbocycles. The molecule has 0 aromatic heterocycles. The van der Waals surface area contributed by atoms with Crippen molar-refractivity contribution in [1.82, 2.24) is 5.32 Å². The molecule has 162 valence electrons. The average Bonchev–Trinajstić information content (AvgIpc) is 2.73. The minimum absolute atomic E-state index is 0.347. The predicted molar refractivity (Wildman–Crippen MR) is 114 cm³/mol. The number of hydrogen-bond donors (Lipinski definition) is 1. The van der Waals surface area contributed by atoms with Crippen LogP contribution >= 0.6 is 0 Å². The molecule has 1 aliphatic rings. The van der Waals surface area contributed by atoms with Crippen molar-refractivity contribution in [2.75, 3.05) is 37.4 Å². The molecule has 0 bridgehead atoms. The van der Waals surface area contributed by atoms with Crippen molar-refractivity contribution in [1.29, 1.82) is 0 Å². The van der Waals surface area contributed by atoms with Gasteiger partial charge in [-0.3, -0.25) is 9.10 Å². The van der Waals surface area contributed by atoms with Gasteiger partial charge in [-0.1, -0.05) is 12.1 Å². The fraction of sp³-hybridized carbons (Fsp3) is 0.381. The Morgan fingerprint density at radius 3 is 2.43 bits per heavy atom. The minimum atomic E-state index is -3.71. The highest BCUT2D eigenvalue weighted by Crippen LogP contribution is 2.35. The molecule has 1 heterocycles. The van der Waals surface area contributed by atoms with E-state index in [1.54, 1.807) is 32.2 Å². The Balaban J connectivity index is 1.68. The molecule has 0 spiro atoms. The third kappa shape index (κ3) is 5.15. The van der Waals surface area contributed by atoms with Gasteiger partial charge in [-0.25, -0.2) is 8.42 Å². The lowest BCUT2D eigenvalue weighted by atomic mass is 10.1. The standard InChI is InChI=1S/C21H26N2O6S/c1-15(21(24)22-11-10-16-4-7-18(27-2)8-5-16)23(30(3,25)26)17-6-9-19-20(14-17)29-13-12-28-19/h4-9,14-15H,10-13H2,1-3H3,(H,22,24)/t15-/m1/s1. The van der Waals surface area contributed by atoms with Gasteiger partial charge in [-0.05, 0) is 43.2 Å². The van der Waals surface area contributed by atoms with Crippen LogP contribution in [-0.4, -0.2) is 53.5 Å². The molecule has 1 aliphatic heterocycles. The van der Waals surface area contributed by atoms with Gasteiger partial charge in [-0.2, -0.15) is 0 Å². The van der Waals surface area contributed by atoms with Gasteiger partial charge in [0.2, 0.25) is 15.9 Å². The van der Waals surface area contributed by atoms with Gasteiger partial charge in [0.1, 0.15) is 25.0 Å². The Hall–Kier alpha value is -2.94. The van der Waals surface area contributed by atoms with Crippen LogP contribution in [0.15, 0.2) is 42.5 Å². The summed E-state index contributed by atoms with van der Waals surface area (Å²) in [4.78, 5) is 12.7. The summed E-state index contributed by atoms with van der Waals surface area (Å²) in [6.07, 6.45) is 1.69. The number of fused-ring (bicyclic) bond motifs is 1. The van der Waals surface area contributed by atoms with Crippen LogP contribution in [0.3, 0.4) is 0 Å². The number of anilines is 1. The van der Waals surface area contributed by atoms with Crippen molar-refractivity contribution in [2.24, 2.45) is 0 Å². The molecule has 2 aromatic rings. The van der Waals surface area contributed by atoms with Crippen LogP contribution in [0, 0.1) is 0 Å². The number of benzene rings is 2. The number of nitrogens with zero attached hydrogens (tertiary/aromatic N) is 1. The van der Waals surface area contributed by atoms with Gasteiger partial charge in [0.15, 0.2) is 11.5 Å². The zero-order valence-electron chi connectivity index (χ0n) is 17.3. The summed E-state index contributed by atoms with van der Waals surface area (Å²) < 4.78 is 42.2. The summed E-state index contributed by atoms with van der Waals surface area (Å²) >= 11 is 0. The molecule has 0 aliphatic carbocycles. The topological polar surface area (TPSA) is 94.2 Å². The van der Waals surface area contributed by atoms with E-state index in [4.69, 9.17) is 14.2 Å². The first-order valence-corrected chi connectivity index (χ1v) is 11.4. The lowest BCUT2D eigenvalue weighted by Gasteiger charge is -2.29. The first kappa shape index (κ1) is 21.8. The highest BCUT2D eigenvalue weighted by Gasteiger charge is 2.30. The number of hydrogen-bond acceptors (Lipinski definition) is 6. The Morgan fingerprint density at radius 1 is 1.13 bits per heavy atom. The fourth-order valence-corrected chi connectivity index (χ4v) is 4.41. The van der Waals surface area contributed by atoms with Gasteiger partial charge in [-0.15, -0.1) is 0 Å². The molecule has 0 saturated heterocycles. The van der Waals surface area contributed by atoms with Gasteiger partial charge in [0.25, 0.3) is 0 Å². The normalized spacial score (nSPS) is 14.0. The molecule has 0 unspecified atom stereocenters. The van der Waals surface area contributed by atoms with E-state index < -0.39 is 16.1 Å². The van der Waals surface area contributed by atoms with Crippen molar-refractivity contribution < 1.29 is 27.4 Å². The quantitative estimate of drug-likeness (QED) is 0.683. The second kappa shape index (κ2) is 9.25. The van der Waals surface area contributed by atoms with E-state index >= 15 is 0 Å². The zero-order valence-corrected chi connectivity index (χ0v) is 18.1. The van der Waals surface area contributed by atoms with Gasteiger partial charge in [0.05, 0.1) is 19.1 Å². The summed E-state index contributed by atoms with van der Waals surface area (Å²) in [5.74, 6) is 1.39. The maximum absolute atomic E-state index is 12.7. The van der Waals surface area contributed by atoms with Gasteiger partial charge in [0, 0.05) is 12.6 Å². The third-order valence-electron chi connectivity index (χ3n) is 4.74. The number of ether oxygens (including phenoxy) is 3. The van der Waals surface area contributed by atoms with Crippen LogP contribution in [0.25, 0.3) is 0 Å². The first-order valence-electron chi connectivity index (χ1n) is 9.59. The minimum Gasteiger partial charge on any atom is -0.497 e. The maximum atomic E-state index is 12.7. The SMILES string of the molecule is COc1ccc(CCNC(=O)[C@@H](C)N(c2ccc3c(c2)OCCO3)S(C)(=O)=O)cc1. The Morgan fingerprint density at radius 2 is 1.80 bits per heavy atom. The molecule has 30 heavy (non-hydrogen) atoms. The van der Waals surface area contributed by atoms with Crippen molar-refractivity contribution in [3.63, 3.8) is 0 Å². The Labute approximate surface area is 176 Å². The molecule has 0 radical (unpaired) electrons. The Kier molecular flexibility index (Phi) is 6.71. The van der Waals surface area contributed by atoms with E-state index in [1.165, 1.54) is 0 Å². The van der Waals surface area contributed by atoms with Crippen LogP contribution in [0.2, 0.25) is 0 Å². The summed E-state index contributed by atoms with van der Waals surface area (Å²) in [7, 11) is -2.11. The summed E-state index contributed by atoms with van der Waals surface area (Å²) in [5.41, 5.74) is 1.38. The molecule has 8 nitrogen and oxygen atoms in total. The fourth-order valence-electron chi connectivity index (χ4n) is 3.25. The lowest BCUT2D eigenvalue weighted by Crippen LogP contribution is -2.48. The van der Waals surface area contributed by atoms with Gasteiger partial charge < -0.3 is 19.5 Å². The van der Waals surface area contributed by atoms with Crippen LogP contribution < -0.4 is 23.8 Å². The third-order valence-corrected chi connectivity index (χ3v) is 5.98. The second-order valence-corrected chi connectivity index (χ2v) is 8.81. The van der Waals surface area contributed by atoms with E-state index in [0.29, 0.717) is 43.4 Å². The van der Waals surface area contributed by atoms with Crippen molar-refractivity contribution in [3.05, 3.63) is 48.0 Å². The van der Waals surface area contributed by atoms with E-state index in [1.807, 2.05) is 24.3 Å². The van der Waals surface area contributed by atoms with Crippen molar-refractivity contribution in [3.8, 4) is 17.2 Å². The molecule has 1 amide bonds. The number of carbonyl (C=O) groups excluding carboxylic acids is 1. The highest BCUT2D eigenvalue weighted by atomic mass is 32.2. The molecular formula is C21H26N2O6S. The van der Waals surface area contributed by atoms with Crippen LogP contribution in [0.5, 0.6) is 17.2 Å². The summed E-state index contributed by atoms with van der Waals surface area (Å²) in [6.45, 7) is 2.76. The molecule has 3 rings (SSSR count). The smallest absolute Gasteiger partial charge is 0.243 e. The van der Waals surface area contributed by atoms with Crippen LogP contribution in [0.1, 0.15) is 12.5 Å². The number of sulfonamides is 1. The molecule has 0 saturated carbocycles. The molecule has 0 fully saturated rings. The first-order chi connectivity index (χ1) is 14.3. The van der Waals surface area contributed by atoms with E-state index in [9.17, 15) is 13.2 Å². The number of methoxy groups -OCH3 is 1. The Bertz CT molecular complexity index is 991. The van der Waals surface area contributed by atoms with Crippen LogP contribution in [-0.2, 0) is 21.2 Å². The number of amides is 1. The largest absolute Gasteiger partial charge is 0.497 e. The highest BCUT2D eigenvalue weighted by molar-refractivity contribution is 7.92.